The molecule has 4 atom stereocenters. The van der Waals surface area contributed by atoms with E-state index >= 15 is 0 Å². The van der Waals surface area contributed by atoms with Crippen LogP contribution in [0.3, 0.4) is 0 Å². The van der Waals surface area contributed by atoms with E-state index in [0.717, 1.165) is 32.6 Å². The van der Waals surface area contributed by atoms with Crippen LogP contribution in [0.15, 0.2) is 30.3 Å². The molecule has 0 aromatic heterocycles. The van der Waals surface area contributed by atoms with E-state index in [0.29, 0.717) is 18.0 Å². The van der Waals surface area contributed by atoms with Gasteiger partial charge in [-0.3, -0.25) is 9.80 Å². The van der Waals surface area contributed by atoms with Crippen LogP contribution >= 0.6 is 0 Å². The normalized spacial score (nSPS) is 32.0. The fourth-order valence-corrected chi connectivity index (χ4v) is 3.90. The molecule has 3 nitrogen and oxygen atoms in total. The van der Waals surface area contributed by atoms with Crippen molar-refractivity contribution in [1.82, 2.24) is 9.80 Å². The molecule has 0 radical (unpaired) electrons. The van der Waals surface area contributed by atoms with E-state index in [2.05, 4.69) is 54.0 Å². The lowest BCUT2D eigenvalue weighted by atomic mass is 9.97. The van der Waals surface area contributed by atoms with Crippen LogP contribution in [0.4, 0.5) is 0 Å². The maximum atomic E-state index is 9.84. The number of aliphatic hydroxyl groups is 1. The minimum absolute atomic E-state index is 0.106. The van der Waals surface area contributed by atoms with Gasteiger partial charge in [-0.05, 0) is 37.8 Å². The zero-order valence-corrected chi connectivity index (χ0v) is 13.3. The highest BCUT2D eigenvalue weighted by molar-refractivity contribution is 5.18. The first-order valence-corrected chi connectivity index (χ1v) is 8.34. The van der Waals surface area contributed by atoms with Gasteiger partial charge in [-0.2, -0.15) is 0 Å². The molecule has 3 rings (SSSR count). The van der Waals surface area contributed by atoms with Crippen molar-refractivity contribution in [3.8, 4) is 0 Å². The molecule has 2 aliphatic rings. The van der Waals surface area contributed by atoms with Crippen LogP contribution in [0.1, 0.15) is 38.2 Å². The lowest BCUT2D eigenvalue weighted by Gasteiger charge is -2.42. The van der Waals surface area contributed by atoms with Crippen LogP contribution in [0.5, 0.6) is 0 Å². The maximum absolute atomic E-state index is 9.84. The van der Waals surface area contributed by atoms with Crippen molar-refractivity contribution < 1.29 is 5.11 Å². The number of benzene rings is 1. The third-order valence-electron chi connectivity index (χ3n) is 5.29. The number of fused-ring (bicyclic) bond motifs is 1. The average molecular weight is 288 g/mol. The standard InChI is InChI=1S/C18H28N2O/c1-14(16-6-4-3-5-7-16)8-9-19-12-17-10-18(21)13-20(17)11-15(19)2/h3-7,14-15,17-18,21H,8-13H2,1-2H3/t14?,15-,17?,18-/m1/s1. The molecule has 0 aliphatic carbocycles. The van der Waals surface area contributed by atoms with Crippen molar-refractivity contribution in [3.05, 3.63) is 35.9 Å². The molecular weight excluding hydrogens is 260 g/mol. The highest BCUT2D eigenvalue weighted by Crippen LogP contribution is 2.26. The van der Waals surface area contributed by atoms with Crippen molar-refractivity contribution in [2.45, 2.75) is 50.8 Å². The Hall–Kier alpha value is -0.900. The Labute approximate surface area is 128 Å². The molecule has 0 spiro atoms. The lowest BCUT2D eigenvalue weighted by molar-refractivity contribution is 0.0564. The van der Waals surface area contributed by atoms with E-state index in [1.165, 1.54) is 12.0 Å². The Morgan fingerprint density at radius 1 is 1.19 bits per heavy atom. The lowest BCUT2D eigenvalue weighted by Crippen LogP contribution is -2.55. The Balaban J connectivity index is 1.53. The summed E-state index contributed by atoms with van der Waals surface area (Å²) >= 11 is 0. The van der Waals surface area contributed by atoms with E-state index in [-0.39, 0.29) is 6.10 Å². The zero-order valence-electron chi connectivity index (χ0n) is 13.3. The molecule has 2 aliphatic heterocycles. The van der Waals surface area contributed by atoms with Crippen molar-refractivity contribution in [1.29, 1.82) is 0 Å². The van der Waals surface area contributed by atoms with Gasteiger partial charge in [0.2, 0.25) is 0 Å². The largest absolute Gasteiger partial charge is 0.392 e. The summed E-state index contributed by atoms with van der Waals surface area (Å²) in [7, 11) is 0. The van der Waals surface area contributed by atoms with Gasteiger partial charge in [-0.25, -0.2) is 0 Å². The predicted molar refractivity (Wildman–Crippen MR) is 86.5 cm³/mol. The van der Waals surface area contributed by atoms with Crippen LogP contribution < -0.4 is 0 Å². The second kappa shape index (κ2) is 6.47. The molecule has 2 unspecified atom stereocenters. The Morgan fingerprint density at radius 3 is 2.71 bits per heavy atom. The quantitative estimate of drug-likeness (QED) is 0.921. The Bertz CT molecular complexity index is 450. The predicted octanol–water partition coefficient (Wildman–Crippen LogP) is 2.32. The summed E-state index contributed by atoms with van der Waals surface area (Å²) in [4.78, 5) is 5.10. The molecule has 21 heavy (non-hydrogen) atoms. The second-order valence-corrected chi connectivity index (χ2v) is 6.94. The fourth-order valence-electron chi connectivity index (χ4n) is 3.90. The molecule has 2 saturated heterocycles. The highest BCUT2D eigenvalue weighted by atomic mass is 16.3. The second-order valence-electron chi connectivity index (χ2n) is 6.94. The van der Waals surface area contributed by atoms with Gasteiger partial charge in [0.25, 0.3) is 0 Å². The van der Waals surface area contributed by atoms with E-state index in [1.54, 1.807) is 0 Å². The summed E-state index contributed by atoms with van der Waals surface area (Å²) in [5.74, 6) is 0.616. The molecule has 0 bridgehead atoms. The minimum atomic E-state index is -0.106. The summed E-state index contributed by atoms with van der Waals surface area (Å²) in [6, 6.07) is 12.0. The minimum Gasteiger partial charge on any atom is -0.392 e. The monoisotopic (exact) mass is 288 g/mol. The van der Waals surface area contributed by atoms with Gasteiger partial charge in [0, 0.05) is 31.7 Å². The van der Waals surface area contributed by atoms with Gasteiger partial charge in [-0.1, -0.05) is 37.3 Å². The maximum Gasteiger partial charge on any atom is 0.0682 e. The number of piperazine rings is 1. The first-order valence-electron chi connectivity index (χ1n) is 8.34. The number of hydrogen-bond acceptors (Lipinski definition) is 3. The van der Waals surface area contributed by atoms with Crippen molar-refractivity contribution in [3.63, 3.8) is 0 Å². The van der Waals surface area contributed by atoms with Gasteiger partial charge in [0.15, 0.2) is 0 Å². The summed E-state index contributed by atoms with van der Waals surface area (Å²) in [6.07, 6.45) is 2.06. The molecular formula is C18H28N2O. The van der Waals surface area contributed by atoms with Gasteiger partial charge in [0.05, 0.1) is 6.10 Å². The van der Waals surface area contributed by atoms with Crippen LogP contribution in [0.25, 0.3) is 0 Å². The summed E-state index contributed by atoms with van der Waals surface area (Å²) in [6.45, 7) is 8.94. The molecule has 0 saturated carbocycles. The average Bonchev–Trinajstić information content (AvgIpc) is 2.84. The number of aliphatic hydroxyl groups excluding tert-OH is 1. The molecule has 2 heterocycles. The summed E-state index contributed by atoms with van der Waals surface area (Å²) < 4.78 is 0. The summed E-state index contributed by atoms with van der Waals surface area (Å²) in [5.41, 5.74) is 1.44. The van der Waals surface area contributed by atoms with Gasteiger partial charge >= 0.3 is 0 Å². The first-order chi connectivity index (χ1) is 10.1. The Morgan fingerprint density at radius 2 is 1.95 bits per heavy atom. The topological polar surface area (TPSA) is 26.7 Å². The summed E-state index contributed by atoms with van der Waals surface area (Å²) in [5, 5.41) is 9.84. The third-order valence-corrected chi connectivity index (χ3v) is 5.29. The van der Waals surface area contributed by atoms with Crippen molar-refractivity contribution in [2.24, 2.45) is 0 Å². The molecule has 1 N–H and O–H groups in total. The van der Waals surface area contributed by atoms with Crippen molar-refractivity contribution >= 4 is 0 Å². The zero-order chi connectivity index (χ0) is 14.8. The van der Waals surface area contributed by atoms with E-state index in [9.17, 15) is 5.11 Å². The SMILES string of the molecule is CC(CCN1CC2C[C@@H](O)CN2C[C@H]1C)c1ccccc1. The van der Waals surface area contributed by atoms with E-state index in [1.807, 2.05) is 0 Å². The molecule has 1 aromatic carbocycles. The number of rotatable bonds is 4. The number of nitrogens with zero attached hydrogens (tertiary/aromatic N) is 2. The Kier molecular flexibility index (Phi) is 4.63. The van der Waals surface area contributed by atoms with Crippen LogP contribution in [0.2, 0.25) is 0 Å². The van der Waals surface area contributed by atoms with Crippen LogP contribution in [-0.4, -0.2) is 59.3 Å². The molecule has 0 amide bonds. The molecule has 2 fully saturated rings. The molecule has 3 heteroatoms. The van der Waals surface area contributed by atoms with Gasteiger partial charge < -0.3 is 5.11 Å². The highest BCUT2D eigenvalue weighted by Gasteiger charge is 2.37. The van der Waals surface area contributed by atoms with Crippen molar-refractivity contribution in [2.75, 3.05) is 26.2 Å². The van der Waals surface area contributed by atoms with Crippen LogP contribution in [-0.2, 0) is 0 Å². The molecule has 1 aromatic rings. The van der Waals surface area contributed by atoms with Gasteiger partial charge in [0.1, 0.15) is 0 Å². The van der Waals surface area contributed by atoms with E-state index < -0.39 is 0 Å². The smallest absolute Gasteiger partial charge is 0.0682 e. The first kappa shape index (κ1) is 15.0. The molecule has 116 valence electrons. The van der Waals surface area contributed by atoms with Crippen LogP contribution in [0, 0.1) is 0 Å². The number of hydrogen-bond donors (Lipinski definition) is 1. The van der Waals surface area contributed by atoms with E-state index in [4.69, 9.17) is 0 Å². The van der Waals surface area contributed by atoms with Gasteiger partial charge in [-0.15, -0.1) is 0 Å². The third kappa shape index (κ3) is 3.47. The fraction of sp³-hybridized carbons (Fsp3) is 0.667.